The average molecular weight is 311 g/mol. The van der Waals surface area contributed by atoms with Gasteiger partial charge in [0.15, 0.2) is 5.89 Å². The van der Waals surface area contributed by atoms with Crippen LogP contribution in [-0.2, 0) is 24.2 Å². The fourth-order valence-corrected chi connectivity index (χ4v) is 3.20. The Hall–Kier alpha value is -2.17. The summed E-state index contributed by atoms with van der Waals surface area (Å²) < 4.78 is 5.91. The maximum absolute atomic E-state index is 12.4. The van der Waals surface area contributed by atoms with Crippen molar-refractivity contribution in [3.63, 3.8) is 0 Å². The monoisotopic (exact) mass is 311 g/mol. The normalized spacial score (nSPS) is 17.7. The Labute approximate surface area is 135 Å². The first-order chi connectivity index (χ1) is 11.3. The van der Waals surface area contributed by atoms with Crippen molar-refractivity contribution in [1.82, 2.24) is 14.9 Å². The number of fused-ring (bicyclic) bond motifs is 1. The van der Waals surface area contributed by atoms with Gasteiger partial charge in [0.05, 0.1) is 6.54 Å². The first-order valence-electron chi connectivity index (χ1n) is 8.46. The molecule has 5 heteroatoms. The summed E-state index contributed by atoms with van der Waals surface area (Å²) in [7, 11) is 0. The van der Waals surface area contributed by atoms with Crippen LogP contribution < -0.4 is 0 Å². The highest BCUT2D eigenvalue weighted by molar-refractivity contribution is 5.76. The highest BCUT2D eigenvalue weighted by Gasteiger charge is 2.29. The van der Waals surface area contributed by atoms with E-state index >= 15 is 0 Å². The van der Waals surface area contributed by atoms with Crippen molar-refractivity contribution in [3.05, 3.63) is 47.4 Å². The number of carbonyl (C=O) groups excluding carboxylic acids is 1. The Morgan fingerprint density at radius 3 is 3.00 bits per heavy atom. The lowest BCUT2D eigenvalue weighted by molar-refractivity contribution is -0.132. The largest absolute Gasteiger partial charge is 0.445 e. The van der Waals surface area contributed by atoms with Gasteiger partial charge in [0.1, 0.15) is 11.5 Å². The topological polar surface area (TPSA) is 59.2 Å². The van der Waals surface area contributed by atoms with Crippen LogP contribution in [0.5, 0.6) is 0 Å². The van der Waals surface area contributed by atoms with Crippen molar-refractivity contribution >= 4 is 5.91 Å². The van der Waals surface area contributed by atoms with Crippen LogP contribution in [0.4, 0.5) is 0 Å². The Morgan fingerprint density at radius 1 is 1.35 bits per heavy atom. The van der Waals surface area contributed by atoms with Gasteiger partial charge in [0, 0.05) is 37.2 Å². The third-order valence-corrected chi connectivity index (χ3v) is 4.87. The summed E-state index contributed by atoms with van der Waals surface area (Å²) in [6.45, 7) is 1.32. The molecule has 1 aliphatic heterocycles. The van der Waals surface area contributed by atoms with E-state index in [4.69, 9.17) is 4.42 Å². The maximum atomic E-state index is 12.4. The zero-order valence-corrected chi connectivity index (χ0v) is 13.2. The van der Waals surface area contributed by atoms with Crippen LogP contribution >= 0.6 is 0 Å². The molecule has 120 valence electrons. The number of aryl methyl sites for hydroxylation is 1. The molecule has 2 aromatic heterocycles. The predicted molar refractivity (Wildman–Crippen MR) is 84.8 cm³/mol. The molecule has 5 nitrogen and oxygen atoms in total. The SMILES string of the molecule is O=C(CCc1ccccn1)N1CCc2oc(C3CCC3)nc2C1. The lowest BCUT2D eigenvalue weighted by Gasteiger charge is -2.25. The van der Waals surface area contributed by atoms with Gasteiger partial charge in [-0.3, -0.25) is 9.78 Å². The maximum Gasteiger partial charge on any atom is 0.223 e. The molecule has 4 rings (SSSR count). The van der Waals surface area contributed by atoms with Gasteiger partial charge in [-0.25, -0.2) is 4.98 Å². The molecule has 0 radical (unpaired) electrons. The summed E-state index contributed by atoms with van der Waals surface area (Å²) in [5.74, 6) is 2.56. The minimum absolute atomic E-state index is 0.175. The molecule has 3 heterocycles. The highest BCUT2D eigenvalue weighted by atomic mass is 16.4. The Morgan fingerprint density at radius 2 is 2.26 bits per heavy atom. The van der Waals surface area contributed by atoms with E-state index in [0.717, 1.165) is 36.0 Å². The van der Waals surface area contributed by atoms with E-state index in [-0.39, 0.29) is 5.91 Å². The number of pyridine rings is 1. The van der Waals surface area contributed by atoms with Crippen LogP contribution in [0, 0.1) is 0 Å². The summed E-state index contributed by atoms with van der Waals surface area (Å²) in [6.07, 6.45) is 7.39. The van der Waals surface area contributed by atoms with Crippen molar-refractivity contribution < 1.29 is 9.21 Å². The first kappa shape index (κ1) is 14.4. The molecule has 23 heavy (non-hydrogen) atoms. The van der Waals surface area contributed by atoms with E-state index in [0.29, 0.717) is 25.3 Å². The standard InChI is InChI=1S/C18H21N3O2/c22-17(8-7-14-6-1-2-10-19-14)21-11-9-16-15(12-21)20-18(23-16)13-4-3-5-13/h1-2,6,10,13H,3-5,7-9,11-12H2. The van der Waals surface area contributed by atoms with E-state index in [1.54, 1.807) is 6.20 Å². The second-order valence-electron chi connectivity index (χ2n) is 6.44. The fraction of sp³-hybridized carbons (Fsp3) is 0.500. The van der Waals surface area contributed by atoms with Gasteiger partial charge in [-0.1, -0.05) is 12.5 Å². The third kappa shape index (κ3) is 3.00. The summed E-state index contributed by atoms with van der Waals surface area (Å²) in [5.41, 5.74) is 1.93. The number of rotatable bonds is 4. The summed E-state index contributed by atoms with van der Waals surface area (Å²) in [5, 5.41) is 0. The molecule has 0 bridgehead atoms. The molecule has 2 aromatic rings. The van der Waals surface area contributed by atoms with Gasteiger partial charge < -0.3 is 9.32 Å². The molecule has 0 unspecified atom stereocenters. The Bertz CT molecular complexity index is 692. The van der Waals surface area contributed by atoms with Crippen LogP contribution in [0.25, 0.3) is 0 Å². The van der Waals surface area contributed by atoms with Gasteiger partial charge in [-0.05, 0) is 31.4 Å². The number of nitrogens with zero attached hydrogens (tertiary/aromatic N) is 3. The quantitative estimate of drug-likeness (QED) is 0.871. The van der Waals surface area contributed by atoms with E-state index < -0.39 is 0 Å². The number of aromatic nitrogens is 2. The summed E-state index contributed by atoms with van der Waals surface area (Å²) in [4.78, 5) is 23.3. The molecule has 0 saturated heterocycles. The molecule has 0 atom stereocenters. The molecule has 2 aliphatic rings. The van der Waals surface area contributed by atoms with Crippen molar-refractivity contribution in [2.24, 2.45) is 0 Å². The first-order valence-corrected chi connectivity index (χ1v) is 8.46. The molecule has 0 spiro atoms. The van der Waals surface area contributed by atoms with Crippen LogP contribution in [-0.4, -0.2) is 27.3 Å². The van der Waals surface area contributed by atoms with Crippen LogP contribution in [0.3, 0.4) is 0 Å². The molecule has 1 amide bonds. The molecular formula is C18H21N3O2. The van der Waals surface area contributed by atoms with E-state index in [9.17, 15) is 4.79 Å². The average Bonchev–Trinajstić information content (AvgIpc) is 2.94. The fourth-order valence-electron chi connectivity index (χ4n) is 3.20. The second kappa shape index (κ2) is 6.14. The van der Waals surface area contributed by atoms with Crippen molar-refractivity contribution in [2.45, 2.75) is 51.0 Å². The van der Waals surface area contributed by atoms with Crippen molar-refractivity contribution in [3.8, 4) is 0 Å². The molecule has 1 aliphatic carbocycles. The summed E-state index contributed by atoms with van der Waals surface area (Å²) in [6, 6.07) is 5.81. The van der Waals surface area contributed by atoms with E-state index in [2.05, 4.69) is 9.97 Å². The molecule has 1 fully saturated rings. The second-order valence-corrected chi connectivity index (χ2v) is 6.44. The van der Waals surface area contributed by atoms with E-state index in [1.807, 2.05) is 23.1 Å². The van der Waals surface area contributed by atoms with Gasteiger partial charge in [-0.15, -0.1) is 0 Å². The Kier molecular flexibility index (Phi) is 3.85. The van der Waals surface area contributed by atoms with Crippen LogP contribution in [0.1, 0.15) is 54.6 Å². The highest BCUT2D eigenvalue weighted by Crippen LogP contribution is 2.37. The zero-order valence-electron chi connectivity index (χ0n) is 13.2. The predicted octanol–water partition coefficient (Wildman–Crippen LogP) is 2.85. The number of carbonyl (C=O) groups is 1. The molecule has 0 aromatic carbocycles. The lowest BCUT2D eigenvalue weighted by atomic mass is 9.85. The number of oxazole rings is 1. The smallest absolute Gasteiger partial charge is 0.223 e. The van der Waals surface area contributed by atoms with Gasteiger partial charge in [0.25, 0.3) is 0 Å². The molecular weight excluding hydrogens is 290 g/mol. The zero-order chi connectivity index (χ0) is 15.6. The number of hydrogen-bond donors (Lipinski definition) is 0. The van der Waals surface area contributed by atoms with Crippen LogP contribution in [0.15, 0.2) is 28.8 Å². The van der Waals surface area contributed by atoms with Gasteiger partial charge >= 0.3 is 0 Å². The lowest BCUT2D eigenvalue weighted by Crippen LogP contribution is -2.36. The third-order valence-electron chi connectivity index (χ3n) is 4.87. The van der Waals surface area contributed by atoms with Gasteiger partial charge in [-0.2, -0.15) is 0 Å². The minimum atomic E-state index is 0.175. The summed E-state index contributed by atoms with van der Waals surface area (Å²) >= 11 is 0. The van der Waals surface area contributed by atoms with Crippen molar-refractivity contribution in [2.75, 3.05) is 6.54 Å². The van der Waals surface area contributed by atoms with Crippen molar-refractivity contribution in [1.29, 1.82) is 0 Å². The minimum Gasteiger partial charge on any atom is -0.445 e. The number of hydrogen-bond acceptors (Lipinski definition) is 4. The Balaban J connectivity index is 1.37. The van der Waals surface area contributed by atoms with Crippen LogP contribution in [0.2, 0.25) is 0 Å². The number of amides is 1. The molecule has 1 saturated carbocycles. The van der Waals surface area contributed by atoms with E-state index in [1.165, 1.54) is 19.3 Å². The molecule has 0 N–H and O–H groups in total. The van der Waals surface area contributed by atoms with Gasteiger partial charge in [0.2, 0.25) is 5.91 Å².